The Morgan fingerprint density at radius 2 is 1.84 bits per heavy atom. The van der Waals surface area contributed by atoms with Crippen molar-refractivity contribution < 1.29 is 4.42 Å². The van der Waals surface area contributed by atoms with Crippen LogP contribution >= 0.6 is 11.8 Å². The summed E-state index contributed by atoms with van der Waals surface area (Å²) >= 11 is 1.52. The van der Waals surface area contributed by atoms with Crippen molar-refractivity contribution in [3.8, 4) is 11.5 Å². The lowest BCUT2D eigenvalue weighted by Gasteiger charge is -2.06. The third-order valence-corrected chi connectivity index (χ3v) is 6.34. The first-order valence-electron chi connectivity index (χ1n) is 10.4. The Morgan fingerprint density at radius 3 is 2.66 bits per heavy atom. The van der Waals surface area contributed by atoms with Crippen molar-refractivity contribution in [1.29, 1.82) is 0 Å². The van der Waals surface area contributed by atoms with Crippen LogP contribution in [0.3, 0.4) is 0 Å². The second-order valence-corrected chi connectivity index (χ2v) is 8.35. The molecule has 32 heavy (non-hydrogen) atoms. The predicted molar refractivity (Wildman–Crippen MR) is 123 cm³/mol. The van der Waals surface area contributed by atoms with E-state index in [-0.39, 0.29) is 12.2 Å². The normalized spacial score (nSPS) is 11.3. The van der Waals surface area contributed by atoms with E-state index >= 15 is 0 Å². The molecule has 0 atom stereocenters. The van der Waals surface area contributed by atoms with Crippen LogP contribution in [0.15, 0.2) is 86.1 Å². The molecule has 3 aromatic heterocycles. The first kappa shape index (κ1) is 20.3. The Hall–Kier alpha value is -3.65. The van der Waals surface area contributed by atoms with Crippen molar-refractivity contribution in [3.63, 3.8) is 0 Å². The minimum Gasteiger partial charge on any atom is -0.441 e. The molecule has 5 aromatic rings. The zero-order valence-electron chi connectivity index (χ0n) is 17.7. The van der Waals surface area contributed by atoms with Gasteiger partial charge in [0.05, 0.1) is 6.54 Å². The Bertz CT molecular complexity index is 1450. The van der Waals surface area contributed by atoms with E-state index < -0.39 is 0 Å². The number of nitrogens with zero attached hydrogens (tertiary/aromatic N) is 5. The summed E-state index contributed by atoms with van der Waals surface area (Å²) in [5.41, 5.74) is 3.08. The highest BCUT2D eigenvalue weighted by atomic mass is 32.2. The predicted octanol–water partition coefficient (Wildman–Crippen LogP) is 4.62. The van der Waals surface area contributed by atoms with Gasteiger partial charge in [0.2, 0.25) is 5.89 Å². The Kier molecular flexibility index (Phi) is 5.36. The monoisotopic (exact) mass is 443 g/mol. The van der Waals surface area contributed by atoms with E-state index in [1.165, 1.54) is 26.4 Å². The molecule has 160 valence electrons. The van der Waals surface area contributed by atoms with Gasteiger partial charge in [-0.05, 0) is 37.1 Å². The van der Waals surface area contributed by atoms with Gasteiger partial charge in [-0.15, -0.1) is 5.10 Å². The summed E-state index contributed by atoms with van der Waals surface area (Å²) in [6, 6.07) is 17.9. The van der Waals surface area contributed by atoms with E-state index in [1.54, 1.807) is 12.4 Å². The maximum absolute atomic E-state index is 13.0. The molecule has 5 rings (SSSR count). The van der Waals surface area contributed by atoms with Crippen molar-refractivity contribution >= 4 is 17.4 Å². The molecule has 7 nitrogen and oxygen atoms in total. The topological polar surface area (TPSA) is 78.2 Å². The smallest absolute Gasteiger partial charge is 0.350 e. The summed E-state index contributed by atoms with van der Waals surface area (Å²) in [5, 5.41) is 5.27. The van der Waals surface area contributed by atoms with Crippen LogP contribution in [0.5, 0.6) is 0 Å². The maximum atomic E-state index is 13.0. The number of hydrogen-bond acceptors (Lipinski definition) is 6. The van der Waals surface area contributed by atoms with Gasteiger partial charge in [-0.3, -0.25) is 0 Å². The largest absolute Gasteiger partial charge is 0.441 e. The SMILES string of the molecule is CCc1ccccc1Sc1nccn2c(=O)n(Cc3nc(-c4ccccc4)oc3C)nc12. The van der Waals surface area contributed by atoms with E-state index in [2.05, 4.69) is 34.1 Å². The van der Waals surface area contributed by atoms with Gasteiger partial charge in [-0.2, -0.15) is 0 Å². The number of fused-ring (bicyclic) bond motifs is 1. The lowest BCUT2D eigenvalue weighted by molar-refractivity contribution is 0.535. The van der Waals surface area contributed by atoms with Crippen LogP contribution in [0.1, 0.15) is 23.9 Å². The standard InChI is InChI=1S/C24H21N5O2S/c1-3-17-9-7-8-12-20(17)32-23-21-27-29(24(30)28(21)14-13-25-23)15-19-16(2)31-22(26-19)18-10-5-4-6-11-18/h4-14H,3,15H2,1-2H3. The molecular weight excluding hydrogens is 422 g/mol. The van der Waals surface area contributed by atoms with Crippen molar-refractivity contribution in [2.75, 3.05) is 0 Å². The van der Waals surface area contributed by atoms with Crippen LogP contribution < -0.4 is 5.69 Å². The van der Waals surface area contributed by atoms with Gasteiger partial charge in [0.1, 0.15) is 16.5 Å². The van der Waals surface area contributed by atoms with Crippen LogP contribution in [-0.4, -0.2) is 24.1 Å². The Balaban J connectivity index is 1.50. The first-order chi connectivity index (χ1) is 15.6. The van der Waals surface area contributed by atoms with E-state index in [9.17, 15) is 4.79 Å². The number of aryl methyl sites for hydroxylation is 2. The number of oxazole rings is 1. The molecule has 0 aliphatic carbocycles. The van der Waals surface area contributed by atoms with Crippen LogP contribution in [-0.2, 0) is 13.0 Å². The fourth-order valence-corrected chi connectivity index (χ4v) is 4.56. The third kappa shape index (κ3) is 3.73. The first-order valence-corrected chi connectivity index (χ1v) is 11.2. The van der Waals surface area contributed by atoms with Crippen LogP contribution in [0.25, 0.3) is 17.1 Å². The minimum atomic E-state index is -0.239. The summed E-state index contributed by atoms with van der Waals surface area (Å²) in [6.07, 6.45) is 4.19. The fourth-order valence-electron chi connectivity index (χ4n) is 3.52. The molecule has 0 aliphatic rings. The van der Waals surface area contributed by atoms with Gasteiger partial charge >= 0.3 is 5.69 Å². The van der Waals surface area contributed by atoms with Crippen LogP contribution in [0.2, 0.25) is 0 Å². The van der Waals surface area contributed by atoms with Crippen molar-refractivity contribution in [3.05, 3.63) is 94.5 Å². The summed E-state index contributed by atoms with van der Waals surface area (Å²) < 4.78 is 8.77. The van der Waals surface area contributed by atoms with E-state index in [4.69, 9.17) is 4.42 Å². The second-order valence-electron chi connectivity index (χ2n) is 7.32. The zero-order valence-corrected chi connectivity index (χ0v) is 18.5. The second kappa shape index (κ2) is 8.47. The zero-order chi connectivity index (χ0) is 22.1. The average Bonchev–Trinajstić information content (AvgIpc) is 3.35. The maximum Gasteiger partial charge on any atom is 0.350 e. The molecule has 0 bridgehead atoms. The molecule has 2 aromatic carbocycles. The summed E-state index contributed by atoms with van der Waals surface area (Å²) in [5.74, 6) is 1.20. The highest BCUT2D eigenvalue weighted by Crippen LogP contribution is 2.31. The van der Waals surface area contributed by atoms with Gasteiger partial charge in [-0.25, -0.2) is 23.8 Å². The van der Waals surface area contributed by atoms with Crippen molar-refractivity contribution in [2.45, 2.75) is 36.7 Å². The summed E-state index contributed by atoms with van der Waals surface area (Å²) in [4.78, 5) is 23.2. The van der Waals surface area contributed by atoms with E-state index in [1.807, 2.05) is 49.4 Å². The highest BCUT2D eigenvalue weighted by Gasteiger charge is 2.17. The quantitative estimate of drug-likeness (QED) is 0.381. The molecule has 0 aliphatic heterocycles. The molecule has 0 radical (unpaired) electrons. The Labute approximate surface area is 188 Å². The highest BCUT2D eigenvalue weighted by molar-refractivity contribution is 7.99. The summed E-state index contributed by atoms with van der Waals surface area (Å²) in [7, 11) is 0. The van der Waals surface area contributed by atoms with E-state index in [0.717, 1.165) is 16.9 Å². The van der Waals surface area contributed by atoms with E-state index in [0.29, 0.717) is 28.0 Å². The number of hydrogen-bond donors (Lipinski definition) is 0. The molecule has 3 heterocycles. The average molecular weight is 444 g/mol. The lowest BCUT2D eigenvalue weighted by Crippen LogP contribution is -2.22. The molecule has 0 saturated heterocycles. The molecule has 0 N–H and O–H groups in total. The molecule has 0 amide bonds. The number of rotatable bonds is 6. The van der Waals surface area contributed by atoms with Gasteiger partial charge in [0, 0.05) is 22.9 Å². The minimum absolute atomic E-state index is 0.221. The Morgan fingerprint density at radius 1 is 1.06 bits per heavy atom. The molecule has 0 spiro atoms. The molecule has 0 fully saturated rings. The molecule has 0 unspecified atom stereocenters. The molecule has 8 heteroatoms. The van der Waals surface area contributed by atoms with Gasteiger partial charge in [-0.1, -0.05) is 55.1 Å². The molecule has 0 saturated carbocycles. The molecular formula is C24H21N5O2S. The van der Waals surface area contributed by atoms with Gasteiger partial charge in [0.15, 0.2) is 5.65 Å². The third-order valence-electron chi connectivity index (χ3n) is 5.24. The van der Waals surface area contributed by atoms with Crippen LogP contribution in [0, 0.1) is 6.92 Å². The number of aromatic nitrogens is 5. The van der Waals surface area contributed by atoms with Crippen molar-refractivity contribution in [2.24, 2.45) is 0 Å². The lowest BCUT2D eigenvalue weighted by atomic mass is 10.2. The van der Waals surface area contributed by atoms with Crippen LogP contribution in [0.4, 0.5) is 0 Å². The fraction of sp³-hybridized carbons (Fsp3) is 0.167. The number of benzene rings is 2. The van der Waals surface area contributed by atoms with Crippen molar-refractivity contribution in [1.82, 2.24) is 24.1 Å². The van der Waals surface area contributed by atoms with Gasteiger partial charge < -0.3 is 4.42 Å². The van der Waals surface area contributed by atoms with Gasteiger partial charge in [0.25, 0.3) is 0 Å². The summed E-state index contributed by atoms with van der Waals surface area (Å²) in [6.45, 7) is 4.19.